The number of ketones is 1. The standard InChI is InChI=1S/C30H44O5/c1-16-17(2)24-18-8-9-20-27(5)11-10-22(32)26(3,4)21(27)14-23(33)29(20,7)28(18,6)12-13-30(24,25(34)35)15-19(16)31/h8,17,19-22,24,31-32H,1,9-15H2,2-7H3,(H,34,35). The molecule has 5 nitrogen and oxygen atoms in total. The van der Waals surface area contributed by atoms with Crippen LogP contribution in [0.3, 0.4) is 0 Å². The number of carbonyl (C=O) groups is 2. The van der Waals surface area contributed by atoms with Gasteiger partial charge in [-0.1, -0.05) is 59.8 Å². The Labute approximate surface area is 210 Å². The van der Waals surface area contributed by atoms with E-state index in [-0.39, 0.29) is 46.7 Å². The van der Waals surface area contributed by atoms with Crippen LogP contribution in [0.15, 0.2) is 23.8 Å². The minimum atomic E-state index is -1.02. The normalized spacial score (nSPS) is 53.0. The first-order valence-corrected chi connectivity index (χ1v) is 13.6. The first-order chi connectivity index (χ1) is 16.1. The fourth-order valence-electron chi connectivity index (χ4n) is 10.3. The molecule has 4 saturated carbocycles. The summed E-state index contributed by atoms with van der Waals surface area (Å²) in [6, 6.07) is 0. The van der Waals surface area contributed by atoms with E-state index in [0.717, 1.165) is 24.8 Å². The lowest BCUT2D eigenvalue weighted by Crippen LogP contribution is -2.68. The van der Waals surface area contributed by atoms with Crippen molar-refractivity contribution in [2.75, 3.05) is 0 Å². The molecule has 0 aromatic heterocycles. The summed E-state index contributed by atoms with van der Waals surface area (Å²) in [5.74, 6) is -0.673. The highest BCUT2D eigenvalue weighted by atomic mass is 16.4. The lowest BCUT2D eigenvalue weighted by atomic mass is 9.33. The molecule has 194 valence electrons. The van der Waals surface area contributed by atoms with Gasteiger partial charge in [-0.15, -0.1) is 0 Å². The van der Waals surface area contributed by atoms with Gasteiger partial charge in [-0.3, -0.25) is 9.59 Å². The van der Waals surface area contributed by atoms with Crippen molar-refractivity contribution < 1.29 is 24.9 Å². The number of hydrogen-bond donors (Lipinski definition) is 3. The van der Waals surface area contributed by atoms with Crippen LogP contribution in [0.25, 0.3) is 0 Å². The van der Waals surface area contributed by atoms with E-state index in [1.54, 1.807) is 0 Å². The van der Waals surface area contributed by atoms with Crippen molar-refractivity contribution >= 4 is 11.8 Å². The van der Waals surface area contributed by atoms with Crippen molar-refractivity contribution in [2.45, 2.75) is 98.7 Å². The lowest BCUT2D eigenvalue weighted by Gasteiger charge is -2.70. The molecule has 4 fully saturated rings. The number of carbonyl (C=O) groups excluding carboxylic acids is 1. The smallest absolute Gasteiger partial charge is 0.310 e. The number of aliphatic hydroxyl groups excluding tert-OH is 2. The molecule has 0 aromatic rings. The van der Waals surface area contributed by atoms with Crippen molar-refractivity contribution in [3.63, 3.8) is 0 Å². The summed E-state index contributed by atoms with van der Waals surface area (Å²) in [7, 11) is 0. The first kappa shape index (κ1) is 25.2. The number of hydrogen-bond acceptors (Lipinski definition) is 4. The number of allylic oxidation sites excluding steroid dienone is 2. The highest BCUT2D eigenvalue weighted by Crippen LogP contribution is 2.74. The van der Waals surface area contributed by atoms with Crippen molar-refractivity contribution in [1.82, 2.24) is 0 Å². The summed E-state index contributed by atoms with van der Waals surface area (Å²) in [5.41, 5.74) is -0.563. The second-order valence-electron chi connectivity index (χ2n) is 14.1. The Morgan fingerprint density at radius 2 is 1.71 bits per heavy atom. The molecule has 5 aliphatic rings. The van der Waals surface area contributed by atoms with Crippen LogP contribution < -0.4 is 0 Å². The highest BCUT2D eigenvalue weighted by molar-refractivity contribution is 5.89. The molecule has 0 spiro atoms. The zero-order valence-corrected chi connectivity index (χ0v) is 22.4. The van der Waals surface area contributed by atoms with Crippen molar-refractivity contribution in [1.29, 1.82) is 0 Å². The van der Waals surface area contributed by atoms with Crippen LogP contribution in [-0.2, 0) is 9.59 Å². The second kappa shape index (κ2) is 7.31. The fourth-order valence-corrected chi connectivity index (χ4v) is 10.3. The molecule has 0 aromatic carbocycles. The molecule has 3 N–H and O–H groups in total. The van der Waals surface area contributed by atoms with Gasteiger partial charge in [0.05, 0.1) is 17.6 Å². The van der Waals surface area contributed by atoms with E-state index >= 15 is 0 Å². The quantitative estimate of drug-likeness (QED) is 0.447. The molecule has 10 atom stereocenters. The van der Waals surface area contributed by atoms with Gasteiger partial charge in [0, 0.05) is 23.2 Å². The Balaban J connectivity index is 1.67. The van der Waals surface area contributed by atoms with Gasteiger partial charge in [0.15, 0.2) is 0 Å². The molecule has 5 heteroatoms. The molecular formula is C30H44O5. The number of fused-ring (bicyclic) bond motifs is 7. The first-order valence-electron chi connectivity index (χ1n) is 13.6. The van der Waals surface area contributed by atoms with E-state index in [1.807, 2.05) is 6.92 Å². The third-order valence-corrected chi connectivity index (χ3v) is 12.8. The Hall–Kier alpha value is -1.46. The highest BCUT2D eigenvalue weighted by Gasteiger charge is 2.72. The van der Waals surface area contributed by atoms with Crippen LogP contribution >= 0.6 is 0 Å². The molecule has 0 heterocycles. The zero-order chi connectivity index (χ0) is 25.9. The largest absolute Gasteiger partial charge is 0.481 e. The number of aliphatic hydroxyl groups is 2. The predicted molar refractivity (Wildman–Crippen MR) is 134 cm³/mol. The number of carboxylic acid groups (broad SMARTS) is 1. The lowest BCUT2D eigenvalue weighted by molar-refractivity contribution is -0.204. The topological polar surface area (TPSA) is 94.8 Å². The minimum absolute atomic E-state index is 0.0598. The summed E-state index contributed by atoms with van der Waals surface area (Å²) < 4.78 is 0. The van der Waals surface area contributed by atoms with Gasteiger partial charge in [-0.25, -0.2) is 0 Å². The van der Waals surface area contributed by atoms with Gasteiger partial charge < -0.3 is 15.3 Å². The van der Waals surface area contributed by atoms with Crippen LogP contribution in [0, 0.1) is 50.7 Å². The van der Waals surface area contributed by atoms with Crippen molar-refractivity contribution in [3.8, 4) is 0 Å². The Morgan fingerprint density at radius 1 is 1.06 bits per heavy atom. The van der Waals surface area contributed by atoms with E-state index in [2.05, 4.69) is 47.3 Å². The Bertz CT molecular complexity index is 1030. The molecule has 0 saturated heterocycles. The second-order valence-corrected chi connectivity index (χ2v) is 14.1. The van der Waals surface area contributed by atoms with E-state index in [1.165, 1.54) is 0 Å². The van der Waals surface area contributed by atoms with Gasteiger partial charge in [0.2, 0.25) is 0 Å². The van der Waals surface area contributed by atoms with Gasteiger partial charge in [-0.2, -0.15) is 0 Å². The average Bonchev–Trinajstić information content (AvgIpc) is 2.78. The third-order valence-electron chi connectivity index (χ3n) is 12.8. The van der Waals surface area contributed by atoms with Crippen LogP contribution in [0.5, 0.6) is 0 Å². The number of rotatable bonds is 1. The molecule has 5 aliphatic carbocycles. The Kier molecular flexibility index (Phi) is 5.26. The molecule has 0 aliphatic heterocycles. The van der Waals surface area contributed by atoms with Gasteiger partial charge in [0.1, 0.15) is 5.78 Å². The SMILES string of the molecule is C=C1C(O)CC2(C(=O)O)CCC3(C)C(=CCC4C5(C)CCC(O)C(C)(C)C5CC(=O)C43C)C2C1C. The number of carboxylic acids is 1. The molecule has 0 amide bonds. The van der Waals surface area contributed by atoms with Crippen LogP contribution in [0.4, 0.5) is 0 Å². The van der Waals surface area contributed by atoms with E-state index in [4.69, 9.17) is 0 Å². The summed E-state index contributed by atoms with van der Waals surface area (Å²) in [6.45, 7) is 17.2. The molecule has 0 bridgehead atoms. The molecule has 0 radical (unpaired) electrons. The average molecular weight is 485 g/mol. The monoisotopic (exact) mass is 484 g/mol. The summed E-state index contributed by atoms with van der Waals surface area (Å²) in [4.78, 5) is 27.1. The molecule has 10 unspecified atom stereocenters. The third kappa shape index (κ3) is 2.78. The maximum Gasteiger partial charge on any atom is 0.310 e. The van der Waals surface area contributed by atoms with Gasteiger partial charge >= 0.3 is 5.97 Å². The van der Waals surface area contributed by atoms with E-state index < -0.39 is 34.4 Å². The van der Waals surface area contributed by atoms with Crippen molar-refractivity contribution in [3.05, 3.63) is 23.8 Å². The van der Waals surface area contributed by atoms with Crippen molar-refractivity contribution in [2.24, 2.45) is 50.7 Å². The van der Waals surface area contributed by atoms with Gasteiger partial charge in [-0.05, 0) is 72.7 Å². The number of aliphatic carboxylic acids is 1. The van der Waals surface area contributed by atoms with E-state index in [9.17, 15) is 24.9 Å². The van der Waals surface area contributed by atoms with Gasteiger partial charge in [0.25, 0.3) is 0 Å². The van der Waals surface area contributed by atoms with E-state index in [0.29, 0.717) is 24.8 Å². The summed E-state index contributed by atoms with van der Waals surface area (Å²) in [5, 5.41) is 32.1. The molecule has 35 heavy (non-hydrogen) atoms. The summed E-state index contributed by atoms with van der Waals surface area (Å²) in [6.07, 6.45) is 5.32. The molecular weight excluding hydrogens is 440 g/mol. The maximum atomic E-state index is 14.3. The van der Waals surface area contributed by atoms with Crippen LogP contribution in [0.2, 0.25) is 0 Å². The maximum absolute atomic E-state index is 14.3. The summed E-state index contributed by atoms with van der Waals surface area (Å²) >= 11 is 0. The number of Topliss-reactive ketones (excluding diaryl/α,β-unsaturated/α-hetero) is 1. The van der Waals surface area contributed by atoms with Crippen LogP contribution in [0.1, 0.15) is 86.5 Å². The minimum Gasteiger partial charge on any atom is -0.481 e. The predicted octanol–water partition coefficient (Wildman–Crippen LogP) is 5.16. The fraction of sp³-hybridized carbons (Fsp3) is 0.800. The Morgan fingerprint density at radius 3 is 2.34 bits per heavy atom. The van der Waals surface area contributed by atoms with Crippen LogP contribution in [-0.4, -0.2) is 39.3 Å². The zero-order valence-electron chi connectivity index (χ0n) is 22.4. The molecule has 5 rings (SSSR count).